The molecule has 0 bridgehead atoms. The van der Waals surface area contributed by atoms with Crippen molar-refractivity contribution < 1.29 is 13.5 Å². The summed E-state index contributed by atoms with van der Waals surface area (Å²) in [5, 5.41) is 0. The molecule has 0 heterocycles. The molecular weight excluding hydrogens is 198 g/mol. The molecule has 0 atom stereocenters. The van der Waals surface area contributed by atoms with E-state index >= 15 is 0 Å². The first kappa shape index (κ1) is 14.8. The number of methoxy groups -OCH3 is 1. The van der Waals surface area contributed by atoms with E-state index in [0.717, 1.165) is 25.9 Å². The lowest BCUT2D eigenvalue weighted by Crippen LogP contribution is -1.90. The van der Waals surface area contributed by atoms with Crippen molar-refractivity contribution in [2.75, 3.05) is 13.7 Å². The minimum atomic E-state index is -2.11. The van der Waals surface area contributed by atoms with Gasteiger partial charge < -0.3 is 4.74 Å². The van der Waals surface area contributed by atoms with Crippen LogP contribution in [0.5, 0.6) is 0 Å². The summed E-state index contributed by atoms with van der Waals surface area (Å²) in [4.78, 5) is 0. The maximum Gasteiger partial charge on any atom is 0.238 e. The second-order valence-electron chi connectivity index (χ2n) is 4.00. The van der Waals surface area contributed by atoms with Gasteiger partial charge in [-0.1, -0.05) is 38.5 Å². The number of rotatable bonds is 11. The van der Waals surface area contributed by atoms with Crippen molar-refractivity contribution in [2.45, 2.75) is 64.2 Å². The molecule has 0 aromatic heterocycles. The highest BCUT2D eigenvalue weighted by molar-refractivity contribution is 4.48. The average Bonchev–Trinajstić information content (AvgIpc) is 2.20. The molecule has 0 aliphatic carbocycles. The Labute approximate surface area is 92.2 Å². The normalized spacial score (nSPS) is 11.2. The molecule has 0 aliphatic heterocycles. The van der Waals surface area contributed by atoms with E-state index in [-0.39, 0.29) is 6.42 Å². The molecule has 0 aliphatic rings. The highest BCUT2D eigenvalue weighted by Crippen LogP contribution is 2.12. The smallest absolute Gasteiger partial charge is 0.238 e. The van der Waals surface area contributed by atoms with E-state index in [1.807, 2.05) is 0 Å². The Morgan fingerprint density at radius 1 is 0.800 bits per heavy atom. The zero-order chi connectivity index (χ0) is 11.4. The van der Waals surface area contributed by atoms with E-state index in [1.165, 1.54) is 25.7 Å². The number of unbranched alkanes of at least 4 members (excludes halogenated alkanes) is 7. The first-order valence-electron chi connectivity index (χ1n) is 6.04. The van der Waals surface area contributed by atoms with Crippen LogP contribution in [0.1, 0.15) is 57.8 Å². The predicted molar refractivity (Wildman–Crippen MR) is 59.4 cm³/mol. The van der Waals surface area contributed by atoms with Crippen LogP contribution in [0.2, 0.25) is 0 Å². The molecule has 0 rings (SSSR count). The Balaban J connectivity index is 2.87. The number of halogens is 2. The molecule has 0 fully saturated rings. The summed E-state index contributed by atoms with van der Waals surface area (Å²) in [6.45, 7) is 0.856. The average molecular weight is 222 g/mol. The zero-order valence-electron chi connectivity index (χ0n) is 9.81. The quantitative estimate of drug-likeness (QED) is 0.470. The largest absolute Gasteiger partial charge is 0.385 e. The van der Waals surface area contributed by atoms with Crippen molar-refractivity contribution >= 4 is 0 Å². The monoisotopic (exact) mass is 222 g/mol. The molecular formula is C12H24F2O. The van der Waals surface area contributed by atoms with Gasteiger partial charge in [0.05, 0.1) is 0 Å². The lowest BCUT2D eigenvalue weighted by atomic mass is 10.1. The van der Waals surface area contributed by atoms with Gasteiger partial charge in [-0.25, -0.2) is 8.78 Å². The third-order valence-electron chi connectivity index (χ3n) is 2.52. The third kappa shape index (κ3) is 13.8. The fourth-order valence-corrected chi connectivity index (χ4v) is 1.61. The summed E-state index contributed by atoms with van der Waals surface area (Å²) < 4.78 is 28.5. The fraction of sp³-hybridized carbons (Fsp3) is 1.00. The van der Waals surface area contributed by atoms with Gasteiger partial charge in [0, 0.05) is 20.1 Å². The number of hydrogen-bond acceptors (Lipinski definition) is 1. The van der Waals surface area contributed by atoms with Gasteiger partial charge in [0.2, 0.25) is 6.43 Å². The van der Waals surface area contributed by atoms with E-state index < -0.39 is 6.43 Å². The van der Waals surface area contributed by atoms with Crippen LogP contribution in [-0.4, -0.2) is 20.1 Å². The molecule has 1 nitrogen and oxygen atoms in total. The minimum absolute atomic E-state index is 0.0772. The van der Waals surface area contributed by atoms with Crippen molar-refractivity contribution in [1.82, 2.24) is 0 Å². The molecule has 0 aromatic carbocycles. The molecule has 0 radical (unpaired) electrons. The van der Waals surface area contributed by atoms with Crippen LogP contribution < -0.4 is 0 Å². The van der Waals surface area contributed by atoms with Crippen molar-refractivity contribution in [3.63, 3.8) is 0 Å². The van der Waals surface area contributed by atoms with Gasteiger partial charge in [0.1, 0.15) is 0 Å². The van der Waals surface area contributed by atoms with Crippen LogP contribution in [0.15, 0.2) is 0 Å². The predicted octanol–water partition coefficient (Wildman–Crippen LogP) is 4.41. The van der Waals surface area contributed by atoms with E-state index in [9.17, 15) is 8.78 Å². The summed E-state index contributed by atoms with van der Waals surface area (Å²) >= 11 is 0. The summed E-state index contributed by atoms with van der Waals surface area (Å²) in [6, 6.07) is 0. The third-order valence-corrected chi connectivity index (χ3v) is 2.52. The Hall–Kier alpha value is -0.180. The second kappa shape index (κ2) is 11.9. The minimum Gasteiger partial charge on any atom is -0.385 e. The lowest BCUT2D eigenvalue weighted by molar-refractivity contribution is 0.133. The topological polar surface area (TPSA) is 9.23 Å². The molecule has 92 valence electrons. The molecule has 0 saturated heterocycles. The van der Waals surface area contributed by atoms with Gasteiger partial charge in [0.15, 0.2) is 0 Å². The standard InChI is InChI=1S/C12H24F2O/c1-15-11-9-7-5-3-2-4-6-8-10-12(13)14/h12H,2-11H2,1H3. The van der Waals surface area contributed by atoms with Crippen molar-refractivity contribution in [2.24, 2.45) is 0 Å². The van der Waals surface area contributed by atoms with Gasteiger partial charge >= 0.3 is 0 Å². The molecule has 0 N–H and O–H groups in total. The van der Waals surface area contributed by atoms with Gasteiger partial charge in [-0.15, -0.1) is 0 Å². The van der Waals surface area contributed by atoms with E-state index in [2.05, 4.69) is 0 Å². The lowest BCUT2D eigenvalue weighted by Gasteiger charge is -2.02. The van der Waals surface area contributed by atoms with E-state index in [0.29, 0.717) is 6.42 Å². The number of alkyl halides is 2. The fourth-order valence-electron chi connectivity index (χ4n) is 1.61. The summed E-state index contributed by atoms with van der Waals surface area (Å²) in [5.41, 5.74) is 0. The number of ether oxygens (including phenoxy) is 1. The Morgan fingerprint density at radius 2 is 1.27 bits per heavy atom. The van der Waals surface area contributed by atoms with Gasteiger partial charge in [0.25, 0.3) is 0 Å². The van der Waals surface area contributed by atoms with Gasteiger partial charge in [-0.2, -0.15) is 0 Å². The molecule has 15 heavy (non-hydrogen) atoms. The maximum absolute atomic E-state index is 11.8. The SMILES string of the molecule is COCCCCCCCCCCC(F)F. The van der Waals surface area contributed by atoms with Gasteiger partial charge in [-0.05, 0) is 12.8 Å². The molecule has 0 spiro atoms. The molecule has 0 saturated carbocycles. The van der Waals surface area contributed by atoms with Crippen molar-refractivity contribution in [3.05, 3.63) is 0 Å². The van der Waals surface area contributed by atoms with Gasteiger partial charge in [-0.3, -0.25) is 0 Å². The first-order valence-corrected chi connectivity index (χ1v) is 6.04. The first-order chi connectivity index (χ1) is 7.27. The maximum atomic E-state index is 11.8. The van der Waals surface area contributed by atoms with E-state index in [1.54, 1.807) is 7.11 Å². The zero-order valence-corrected chi connectivity index (χ0v) is 9.81. The van der Waals surface area contributed by atoms with Crippen LogP contribution in [0.25, 0.3) is 0 Å². The van der Waals surface area contributed by atoms with Crippen LogP contribution in [-0.2, 0) is 4.74 Å². The number of hydrogen-bond donors (Lipinski definition) is 0. The Bertz CT molecular complexity index is 118. The summed E-state index contributed by atoms with van der Waals surface area (Å²) in [7, 11) is 1.73. The molecule has 0 aromatic rings. The molecule has 0 unspecified atom stereocenters. The van der Waals surface area contributed by atoms with Crippen LogP contribution in [0, 0.1) is 0 Å². The highest BCUT2D eigenvalue weighted by atomic mass is 19.3. The van der Waals surface area contributed by atoms with Crippen molar-refractivity contribution in [1.29, 1.82) is 0 Å². The van der Waals surface area contributed by atoms with Crippen LogP contribution in [0.4, 0.5) is 8.78 Å². The Morgan fingerprint density at radius 3 is 1.73 bits per heavy atom. The highest BCUT2D eigenvalue weighted by Gasteiger charge is 2.00. The summed E-state index contributed by atoms with van der Waals surface area (Å²) in [6.07, 6.45) is 6.76. The van der Waals surface area contributed by atoms with Crippen molar-refractivity contribution in [3.8, 4) is 0 Å². The summed E-state index contributed by atoms with van der Waals surface area (Å²) in [5.74, 6) is 0. The van der Waals surface area contributed by atoms with E-state index in [4.69, 9.17) is 4.74 Å². The van der Waals surface area contributed by atoms with Crippen LogP contribution in [0.3, 0.4) is 0 Å². The Kier molecular flexibility index (Phi) is 11.7. The molecule has 3 heteroatoms. The molecule has 0 amide bonds. The second-order valence-corrected chi connectivity index (χ2v) is 4.00. The van der Waals surface area contributed by atoms with Crippen LogP contribution >= 0.6 is 0 Å².